The van der Waals surface area contributed by atoms with Crippen LogP contribution in [0.5, 0.6) is 0 Å². The fraction of sp³-hybridized carbons (Fsp3) is 0.500. The molecule has 3 nitrogen and oxygen atoms in total. The lowest BCUT2D eigenvalue weighted by Gasteiger charge is -2.10. The van der Waals surface area contributed by atoms with Crippen molar-refractivity contribution in [3.63, 3.8) is 0 Å². The molecule has 0 atom stereocenters. The number of nitrogens with one attached hydrogen (secondary N) is 1. The molecule has 0 spiro atoms. The maximum Gasteiger partial charge on any atom is 0.250 e. The number of anilines is 1. The van der Waals surface area contributed by atoms with Gasteiger partial charge in [0.2, 0.25) is 5.91 Å². The molecule has 1 aromatic rings. The molecule has 94 valence electrons. The van der Waals surface area contributed by atoms with Gasteiger partial charge in [0, 0.05) is 5.69 Å². The van der Waals surface area contributed by atoms with E-state index in [0.717, 1.165) is 12.1 Å². The summed E-state index contributed by atoms with van der Waals surface area (Å²) in [6.45, 7) is 8.11. The third kappa shape index (κ3) is 4.57. The van der Waals surface area contributed by atoms with Crippen LogP contribution in [0, 0.1) is 6.92 Å². The Labute approximate surface area is 103 Å². The predicted molar refractivity (Wildman–Crippen MR) is 70.3 cm³/mol. The zero-order valence-corrected chi connectivity index (χ0v) is 11.0. The molecule has 0 bridgehead atoms. The predicted octanol–water partition coefficient (Wildman–Crippen LogP) is 2.92. The van der Waals surface area contributed by atoms with Crippen molar-refractivity contribution in [1.82, 2.24) is 0 Å². The third-order valence-corrected chi connectivity index (χ3v) is 2.56. The van der Waals surface area contributed by atoms with Crippen LogP contribution in [0.4, 0.5) is 5.69 Å². The van der Waals surface area contributed by atoms with Gasteiger partial charge in [-0.25, -0.2) is 0 Å². The minimum atomic E-state index is -0.107. The number of amides is 1. The highest BCUT2D eigenvalue weighted by Gasteiger charge is 2.05. The molecule has 0 aromatic heterocycles. The number of carbonyl (C=O) groups is 1. The zero-order valence-electron chi connectivity index (χ0n) is 11.0. The zero-order chi connectivity index (χ0) is 12.8. The molecule has 0 aliphatic heterocycles. The second-order valence-electron chi connectivity index (χ2n) is 4.40. The minimum absolute atomic E-state index is 0.0740. The summed E-state index contributed by atoms with van der Waals surface area (Å²) in [5.74, 6) is -0.107. The highest BCUT2D eigenvalue weighted by atomic mass is 16.5. The average molecular weight is 235 g/mol. The normalized spacial score (nSPS) is 10.6. The molecule has 0 unspecified atom stereocenters. The molecule has 0 fully saturated rings. The fourth-order valence-electron chi connectivity index (χ4n) is 1.57. The molecule has 1 amide bonds. The monoisotopic (exact) mass is 235 g/mol. The molecule has 0 saturated heterocycles. The summed E-state index contributed by atoms with van der Waals surface area (Å²) in [6, 6.07) is 5.96. The van der Waals surface area contributed by atoms with Gasteiger partial charge in [0.25, 0.3) is 0 Å². The van der Waals surface area contributed by atoms with Crippen molar-refractivity contribution in [3.05, 3.63) is 29.3 Å². The molecular formula is C14H21NO2. The fourth-order valence-corrected chi connectivity index (χ4v) is 1.57. The van der Waals surface area contributed by atoms with E-state index >= 15 is 0 Å². The van der Waals surface area contributed by atoms with Crippen LogP contribution in [0.25, 0.3) is 0 Å². The van der Waals surface area contributed by atoms with Crippen molar-refractivity contribution in [3.8, 4) is 0 Å². The molecule has 0 aliphatic rings. The maximum absolute atomic E-state index is 11.6. The standard InChI is InChI=1S/C14H21NO2/c1-5-12-8-13(7-6-11(12)4)15-14(16)9-17-10(2)3/h6-8,10H,5,9H2,1-4H3,(H,15,16). The van der Waals surface area contributed by atoms with Crippen LogP contribution < -0.4 is 5.32 Å². The van der Waals surface area contributed by atoms with Crippen molar-refractivity contribution < 1.29 is 9.53 Å². The van der Waals surface area contributed by atoms with Gasteiger partial charge in [-0.2, -0.15) is 0 Å². The first kappa shape index (κ1) is 13.7. The summed E-state index contributed by atoms with van der Waals surface area (Å²) >= 11 is 0. The van der Waals surface area contributed by atoms with E-state index in [1.165, 1.54) is 11.1 Å². The Balaban J connectivity index is 2.59. The number of rotatable bonds is 5. The van der Waals surface area contributed by atoms with E-state index in [4.69, 9.17) is 4.74 Å². The Hall–Kier alpha value is -1.35. The van der Waals surface area contributed by atoms with Gasteiger partial charge >= 0.3 is 0 Å². The van der Waals surface area contributed by atoms with E-state index in [9.17, 15) is 4.79 Å². The van der Waals surface area contributed by atoms with Gasteiger partial charge in [-0.15, -0.1) is 0 Å². The number of ether oxygens (including phenoxy) is 1. The van der Waals surface area contributed by atoms with E-state index in [-0.39, 0.29) is 18.6 Å². The van der Waals surface area contributed by atoms with Gasteiger partial charge in [-0.05, 0) is 50.5 Å². The van der Waals surface area contributed by atoms with Gasteiger partial charge in [0.05, 0.1) is 6.10 Å². The van der Waals surface area contributed by atoms with Crippen molar-refractivity contribution in [2.24, 2.45) is 0 Å². The Morgan fingerprint density at radius 1 is 1.41 bits per heavy atom. The summed E-state index contributed by atoms with van der Waals surface area (Å²) in [6.07, 6.45) is 1.04. The quantitative estimate of drug-likeness (QED) is 0.852. The largest absolute Gasteiger partial charge is 0.369 e. The topological polar surface area (TPSA) is 38.3 Å². The van der Waals surface area contributed by atoms with E-state index < -0.39 is 0 Å². The van der Waals surface area contributed by atoms with E-state index in [0.29, 0.717) is 0 Å². The molecule has 3 heteroatoms. The van der Waals surface area contributed by atoms with Gasteiger partial charge in [0.15, 0.2) is 0 Å². The summed E-state index contributed by atoms with van der Waals surface area (Å²) in [5.41, 5.74) is 3.35. The summed E-state index contributed by atoms with van der Waals surface area (Å²) in [4.78, 5) is 11.6. The number of carbonyl (C=O) groups excluding carboxylic acids is 1. The van der Waals surface area contributed by atoms with Crippen molar-refractivity contribution in [1.29, 1.82) is 0 Å². The lowest BCUT2D eigenvalue weighted by molar-refractivity contribution is -0.121. The summed E-state index contributed by atoms with van der Waals surface area (Å²) < 4.78 is 5.24. The van der Waals surface area contributed by atoms with Crippen LogP contribution >= 0.6 is 0 Å². The van der Waals surface area contributed by atoms with Crippen molar-refractivity contribution in [2.45, 2.75) is 40.2 Å². The number of hydrogen-bond donors (Lipinski definition) is 1. The molecule has 0 heterocycles. The molecule has 0 saturated carbocycles. The lowest BCUT2D eigenvalue weighted by atomic mass is 10.1. The van der Waals surface area contributed by atoms with Crippen molar-refractivity contribution >= 4 is 11.6 Å². The van der Waals surface area contributed by atoms with Crippen LogP contribution in [0.2, 0.25) is 0 Å². The molecule has 1 aromatic carbocycles. The third-order valence-electron chi connectivity index (χ3n) is 2.56. The number of aryl methyl sites for hydroxylation is 2. The van der Waals surface area contributed by atoms with Crippen LogP contribution in [0.3, 0.4) is 0 Å². The second-order valence-corrected chi connectivity index (χ2v) is 4.40. The summed E-state index contributed by atoms with van der Waals surface area (Å²) in [7, 11) is 0. The van der Waals surface area contributed by atoms with Crippen LogP contribution in [-0.2, 0) is 16.0 Å². The van der Waals surface area contributed by atoms with Crippen LogP contribution in [0.15, 0.2) is 18.2 Å². The van der Waals surface area contributed by atoms with Gasteiger partial charge in [-0.1, -0.05) is 13.0 Å². The van der Waals surface area contributed by atoms with Gasteiger partial charge in [0.1, 0.15) is 6.61 Å². The molecular weight excluding hydrogens is 214 g/mol. The molecule has 1 N–H and O–H groups in total. The van der Waals surface area contributed by atoms with Crippen molar-refractivity contribution in [2.75, 3.05) is 11.9 Å². The average Bonchev–Trinajstić information content (AvgIpc) is 2.29. The minimum Gasteiger partial charge on any atom is -0.369 e. The maximum atomic E-state index is 11.6. The number of benzene rings is 1. The Kier molecular flexibility index (Phi) is 5.16. The first-order chi connectivity index (χ1) is 8.02. The van der Waals surface area contributed by atoms with Crippen LogP contribution in [-0.4, -0.2) is 18.6 Å². The SMILES string of the molecule is CCc1cc(NC(=O)COC(C)C)ccc1C. The first-order valence-corrected chi connectivity index (χ1v) is 6.04. The van der Waals surface area contributed by atoms with E-state index in [1.54, 1.807) is 0 Å². The summed E-state index contributed by atoms with van der Waals surface area (Å²) in [5, 5.41) is 2.84. The molecule has 0 aliphatic carbocycles. The van der Waals surface area contributed by atoms with Crippen LogP contribution in [0.1, 0.15) is 31.9 Å². The Morgan fingerprint density at radius 2 is 2.12 bits per heavy atom. The molecule has 17 heavy (non-hydrogen) atoms. The van der Waals surface area contributed by atoms with E-state index in [2.05, 4.69) is 19.2 Å². The Morgan fingerprint density at radius 3 is 2.71 bits per heavy atom. The smallest absolute Gasteiger partial charge is 0.250 e. The first-order valence-electron chi connectivity index (χ1n) is 6.04. The number of hydrogen-bond acceptors (Lipinski definition) is 2. The second kappa shape index (κ2) is 6.40. The Bertz CT molecular complexity index is 386. The molecule has 1 rings (SSSR count). The molecule has 0 radical (unpaired) electrons. The highest BCUT2D eigenvalue weighted by Crippen LogP contribution is 2.15. The lowest BCUT2D eigenvalue weighted by Crippen LogP contribution is -2.20. The van der Waals surface area contributed by atoms with Gasteiger partial charge < -0.3 is 10.1 Å². The van der Waals surface area contributed by atoms with E-state index in [1.807, 2.05) is 32.0 Å². The highest BCUT2D eigenvalue weighted by molar-refractivity contribution is 5.91. The van der Waals surface area contributed by atoms with Gasteiger partial charge in [-0.3, -0.25) is 4.79 Å².